The van der Waals surface area contributed by atoms with Crippen LogP contribution in [-0.2, 0) is 43.3 Å². The summed E-state index contributed by atoms with van der Waals surface area (Å²) in [6.45, 7) is 56.5. The molecule has 0 N–H and O–H groups in total. The first-order valence-corrected chi connectivity index (χ1v) is 36.4. The van der Waals surface area contributed by atoms with E-state index in [2.05, 4.69) is 370 Å². The van der Waals surface area contributed by atoms with Gasteiger partial charge in [0.05, 0.1) is 11.4 Å². The van der Waals surface area contributed by atoms with Gasteiger partial charge in [0.1, 0.15) is 0 Å². The molecule has 0 atom stereocenters. The number of anilines is 6. The van der Waals surface area contributed by atoms with Gasteiger partial charge in [-0.2, -0.15) is 0 Å². The molecule has 0 bridgehead atoms. The molecule has 2 aliphatic rings. The highest BCUT2D eigenvalue weighted by Crippen LogP contribution is 2.51. The lowest BCUT2D eigenvalue weighted by molar-refractivity contribution is 0.568. The van der Waals surface area contributed by atoms with E-state index in [0.717, 1.165) is 45.0 Å². The molecule has 3 heterocycles. The van der Waals surface area contributed by atoms with E-state index in [1.54, 1.807) is 0 Å². The van der Waals surface area contributed by atoms with Gasteiger partial charge in [0, 0.05) is 45.3 Å². The summed E-state index contributed by atoms with van der Waals surface area (Å²) in [5, 5.41) is 9.88. The maximum Gasteiger partial charge on any atom is 0.252 e. The summed E-state index contributed by atoms with van der Waals surface area (Å²) in [5.74, 6) is 0. The van der Waals surface area contributed by atoms with E-state index in [0.29, 0.717) is 0 Å². The first kappa shape index (κ1) is 67.5. The van der Waals surface area contributed by atoms with Crippen molar-refractivity contribution >= 4 is 100 Å². The van der Waals surface area contributed by atoms with E-state index in [-0.39, 0.29) is 50.0 Å². The zero-order chi connectivity index (χ0) is 71.0. The summed E-state index contributed by atoms with van der Waals surface area (Å²) in [6, 6.07) is 77.4. The fourth-order valence-electron chi connectivity index (χ4n) is 15.1. The Balaban J connectivity index is 1.19. The second kappa shape index (κ2) is 22.9. The maximum absolute atomic E-state index is 5.94. The van der Waals surface area contributed by atoms with Gasteiger partial charge in [-0.25, -0.2) is 4.98 Å². The number of rotatable bonds is 5. The SMILES string of the molecule is CC(C)(C)c1cc(-c2cc(-c3cc4c5c(c3)N(c3cc(C(C)(C)C)cc(C(C)(C)C)c3)c3cc6cc7ccccc7cc6cc3B5c3cc5cc6ccccc6cc5cc3N4c3cc(C(C)(C)C)cc(C(C)(C)C)c3)cc(-c3cc(C(C)(C)C)cc(C(C)(C)C)c3)n2)cc(C(C)(C)C)c1. The third kappa shape index (κ3) is 12.5. The highest BCUT2D eigenvalue weighted by atomic mass is 15.2. The number of pyridine rings is 1. The van der Waals surface area contributed by atoms with Crippen molar-refractivity contribution in [2.24, 2.45) is 0 Å². The maximum atomic E-state index is 5.94. The van der Waals surface area contributed by atoms with Crippen molar-refractivity contribution in [1.29, 1.82) is 0 Å². The number of nitrogens with zero attached hydrogens (tertiary/aromatic N) is 3. The van der Waals surface area contributed by atoms with Crippen LogP contribution in [0.15, 0.2) is 194 Å². The normalized spacial score (nSPS) is 14.0. The summed E-state index contributed by atoms with van der Waals surface area (Å²) in [7, 11) is 0. The monoisotopic (exact) mass is 1300 g/mol. The molecular weight excluding hydrogens is 1190 g/mol. The van der Waals surface area contributed by atoms with Crippen LogP contribution in [0.3, 0.4) is 0 Å². The van der Waals surface area contributed by atoms with Gasteiger partial charge in [-0.3, -0.25) is 0 Å². The van der Waals surface area contributed by atoms with Crippen LogP contribution in [0.4, 0.5) is 34.1 Å². The molecule has 2 aliphatic heterocycles. The fourth-order valence-corrected chi connectivity index (χ4v) is 15.1. The van der Waals surface area contributed by atoms with Crippen molar-refractivity contribution in [2.75, 3.05) is 9.80 Å². The standard InChI is InChI=1S/C95H104BN3/c1-88(2,3)69-37-67(38-70(49-69)89(4,5)6)81-43-65(44-82(97-81)68-39-71(90(7,8)9)50-72(40-68)91(10,11)12)66-47-85-87-86(48-66)99(78-55-75(94(19,20)21)52-76(56-78)95(22,23)24)84-46-64-36-60-32-28-26-30-58(60)34-62(64)42-80(84)96(87)79-41-61-33-57-29-25-27-31-59(57)35-63(61)45-83(79)98(85)77-53-73(92(13,14)15)51-74(54-77)93(16,17)18/h25-56H,1-24H3. The lowest BCUT2D eigenvalue weighted by atomic mass is 9.33. The minimum Gasteiger partial charge on any atom is -0.311 e. The quantitative estimate of drug-likeness (QED) is 0.126. The van der Waals surface area contributed by atoms with Crippen molar-refractivity contribution in [2.45, 2.75) is 209 Å². The van der Waals surface area contributed by atoms with Gasteiger partial charge < -0.3 is 9.80 Å². The molecule has 0 radical (unpaired) electrons. The number of benzene rings is 11. The topological polar surface area (TPSA) is 19.4 Å². The Morgan fingerprint density at radius 1 is 0.232 bits per heavy atom. The molecule has 502 valence electrons. The molecule has 0 saturated heterocycles. The van der Waals surface area contributed by atoms with Crippen molar-refractivity contribution < 1.29 is 0 Å². The van der Waals surface area contributed by atoms with Crippen LogP contribution < -0.4 is 26.2 Å². The molecule has 4 heteroatoms. The van der Waals surface area contributed by atoms with Crippen LogP contribution in [0, 0.1) is 0 Å². The van der Waals surface area contributed by atoms with Crippen LogP contribution in [0.1, 0.15) is 211 Å². The van der Waals surface area contributed by atoms with Gasteiger partial charge in [-0.1, -0.05) is 251 Å². The highest BCUT2D eigenvalue weighted by Gasteiger charge is 2.45. The van der Waals surface area contributed by atoms with Crippen molar-refractivity contribution in [3.63, 3.8) is 0 Å². The summed E-state index contributed by atoms with van der Waals surface area (Å²) in [6.07, 6.45) is 0. The summed E-state index contributed by atoms with van der Waals surface area (Å²) in [5.41, 5.74) is 26.8. The Labute approximate surface area is 593 Å². The number of hydrogen-bond donors (Lipinski definition) is 0. The lowest BCUT2D eigenvalue weighted by Crippen LogP contribution is -2.61. The van der Waals surface area contributed by atoms with E-state index in [1.807, 2.05) is 0 Å². The summed E-state index contributed by atoms with van der Waals surface area (Å²) in [4.78, 5) is 11.3. The van der Waals surface area contributed by atoms with Crippen molar-refractivity contribution in [1.82, 2.24) is 4.98 Å². The van der Waals surface area contributed by atoms with Crippen molar-refractivity contribution in [3.05, 3.63) is 239 Å². The van der Waals surface area contributed by atoms with E-state index < -0.39 is 0 Å². The van der Waals surface area contributed by atoms with E-state index >= 15 is 0 Å². The number of hydrogen-bond acceptors (Lipinski definition) is 3. The molecular formula is C95H104BN3. The van der Waals surface area contributed by atoms with Gasteiger partial charge in [-0.05, 0) is 268 Å². The first-order chi connectivity index (χ1) is 46.0. The summed E-state index contributed by atoms with van der Waals surface area (Å²) < 4.78 is 0. The van der Waals surface area contributed by atoms with Crippen LogP contribution in [-0.4, -0.2) is 11.7 Å². The average Bonchev–Trinajstić information content (AvgIpc) is 0.688. The predicted molar refractivity (Wildman–Crippen MR) is 434 cm³/mol. The second-order valence-electron chi connectivity index (χ2n) is 37.7. The minimum absolute atomic E-state index is 0.110. The average molecular weight is 1300 g/mol. The molecule has 11 aromatic carbocycles. The molecule has 0 amide bonds. The summed E-state index contributed by atoms with van der Waals surface area (Å²) >= 11 is 0. The predicted octanol–water partition coefficient (Wildman–Crippen LogP) is 25.2. The van der Waals surface area contributed by atoms with E-state index in [9.17, 15) is 0 Å². The smallest absolute Gasteiger partial charge is 0.252 e. The Morgan fingerprint density at radius 2 is 0.485 bits per heavy atom. The third-order valence-electron chi connectivity index (χ3n) is 21.6. The molecule has 3 nitrogen and oxygen atoms in total. The van der Waals surface area contributed by atoms with Crippen LogP contribution in [0.2, 0.25) is 0 Å². The molecule has 0 unspecified atom stereocenters. The Hall–Kier alpha value is -8.73. The minimum atomic E-state index is -0.162. The Bertz CT molecular complexity index is 4840. The molecule has 99 heavy (non-hydrogen) atoms. The molecule has 0 aliphatic carbocycles. The number of fused-ring (bicyclic) bond motifs is 8. The van der Waals surface area contributed by atoms with Gasteiger partial charge in [0.2, 0.25) is 0 Å². The van der Waals surface area contributed by atoms with Crippen LogP contribution >= 0.6 is 0 Å². The van der Waals surface area contributed by atoms with E-state index in [4.69, 9.17) is 4.98 Å². The van der Waals surface area contributed by atoms with Crippen LogP contribution in [0.25, 0.3) is 76.7 Å². The molecule has 1 aromatic heterocycles. The Morgan fingerprint density at radius 3 is 0.758 bits per heavy atom. The zero-order valence-electron chi connectivity index (χ0n) is 63.9. The van der Waals surface area contributed by atoms with Gasteiger partial charge >= 0.3 is 0 Å². The van der Waals surface area contributed by atoms with Gasteiger partial charge in [0.15, 0.2) is 0 Å². The molecule has 0 spiro atoms. The van der Waals surface area contributed by atoms with Gasteiger partial charge in [0.25, 0.3) is 6.71 Å². The lowest BCUT2D eigenvalue weighted by Gasteiger charge is -2.45. The molecule has 0 saturated carbocycles. The zero-order valence-corrected chi connectivity index (χ0v) is 63.9. The van der Waals surface area contributed by atoms with Crippen LogP contribution in [0.5, 0.6) is 0 Å². The Kier molecular flexibility index (Phi) is 15.6. The molecule has 14 rings (SSSR count). The second-order valence-corrected chi connectivity index (χ2v) is 37.7. The van der Waals surface area contributed by atoms with Crippen molar-refractivity contribution in [3.8, 4) is 33.6 Å². The molecule has 0 fully saturated rings. The molecule has 12 aromatic rings. The third-order valence-corrected chi connectivity index (χ3v) is 21.6. The van der Waals surface area contributed by atoms with E-state index in [1.165, 1.54) is 127 Å². The highest BCUT2D eigenvalue weighted by molar-refractivity contribution is 7.00. The first-order valence-electron chi connectivity index (χ1n) is 36.4. The van der Waals surface area contributed by atoms with Gasteiger partial charge in [-0.15, -0.1) is 0 Å². The largest absolute Gasteiger partial charge is 0.311 e. The fraction of sp³-hybridized carbons (Fsp3) is 0.337. The number of aromatic nitrogens is 1.